The third kappa shape index (κ3) is 5.02. The Morgan fingerprint density at radius 3 is 2.38 bits per heavy atom. The molecule has 0 aliphatic carbocycles. The Hall–Kier alpha value is -1.60. The van der Waals surface area contributed by atoms with Crippen LogP contribution >= 0.6 is 0 Å². The van der Waals surface area contributed by atoms with E-state index in [1.165, 1.54) is 12.1 Å². The summed E-state index contributed by atoms with van der Waals surface area (Å²) in [6.07, 6.45) is -4.06. The molecule has 1 saturated heterocycles. The summed E-state index contributed by atoms with van der Waals surface area (Å²) < 4.78 is 42.4. The van der Waals surface area contributed by atoms with E-state index in [1.807, 2.05) is 0 Å². The van der Waals surface area contributed by atoms with Crippen molar-refractivity contribution < 1.29 is 22.7 Å². The number of nitrogens with zero attached hydrogens (tertiary/aromatic N) is 1. The van der Waals surface area contributed by atoms with E-state index in [0.717, 1.165) is 25.2 Å². The molecule has 0 saturated carbocycles. The van der Waals surface area contributed by atoms with Gasteiger partial charge in [-0.05, 0) is 24.3 Å². The van der Waals surface area contributed by atoms with E-state index in [9.17, 15) is 18.0 Å². The number of benzene rings is 1. The molecule has 0 bridgehead atoms. The Morgan fingerprint density at radius 2 is 1.81 bits per heavy atom. The van der Waals surface area contributed by atoms with Crippen LogP contribution < -0.4 is 5.32 Å². The quantitative estimate of drug-likeness (QED) is 0.928. The highest BCUT2D eigenvalue weighted by Crippen LogP contribution is 2.29. The SMILES string of the molecule is O=C(CCN1CCOCC1)Nc1ccc(C(F)(F)F)cc1. The highest BCUT2D eigenvalue weighted by molar-refractivity contribution is 5.90. The molecule has 1 aromatic carbocycles. The van der Waals surface area contributed by atoms with Crippen molar-refractivity contribution in [3.63, 3.8) is 0 Å². The average molecular weight is 302 g/mol. The number of morpholine rings is 1. The van der Waals surface area contributed by atoms with Gasteiger partial charge in [0.1, 0.15) is 0 Å². The first-order valence-electron chi connectivity index (χ1n) is 6.72. The molecule has 1 amide bonds. The first-order chi connectivity index (χ1) is 9.95. The third-order valence-corrected chi connectivity index (χ3v) is 3.25. The van der Waals surface area contributed by atoms with Gasteiger partial charge in [0.15, 0.2) is 0 Å². The monoisotopic (exact) mass is 302 g/mol. The van der Waals surface area contributed by atoms with E-state index in [1.54, 1.807) is 0 Å². The highest BCUT2D eigenvalue weighted by Gasteiger charge is 2.29. The number of ether oxygens (including phenoxy) is 1. The number of carbonyl (C=O) groups is 1. The standard InChI is InChI=1S/C14H17F3N2O2/c15-14(16,17)11-1-3-12(4-2-11)18-13(20)5-6-19-7-9-21-10-8-19/h1-4H,5-10H2,(H,18,20). The Morgan fingerprint density at radius 1 is 1.19 bits per heavy atom. The summed E-state index contributed by atoms with van der Waals surface area (Å²) in [6.45, 7) is 3.55. The molecule has 1 aromatic rings. The number of alkyl halides is 3. The predicted molar refractivity (Wildman–Crippen MR) is 71.9 cm³/mol. The summed E-state index contributed by atoms with van der Waals surface area (Å²) in [6, 6.07) is 4.43. The lowest BCUT2D eigenvalue weighted by Gasteiger charge is -2.26. The van der Waals surface area contributed by atoms with Crippen molar-refractivity contribution >= 4 is 11.6 Å². The van der Waals surface area contributed by atoms with Gasteiger partial charge in [0, 0.05) is 31.7 Å². The summed E-state index contributed by atoms with van der Waals surface area (Å²) in [5, 5.41) is 2.60. The molecule has 1 heterocycles. The smallest absolute Gasteiger partial charge is 0.379 e. The van der Waals surface area contributed by atoms with Crippen molar-refractivity contribution in [3.8, 4) is 0 Å². The Labute approximate surface area is 120 Å². The topological polar surface area (TPSA) is 41.6 Å². The molecule has 1 aliphatic heterocycles. The second kappa shape index (κ2) is 6.91. The number of carbonyl (C=O) groups excluding carboxylic acids is 1. The fourth-order valence-electron chi connectivity index (χ4n) is 2.05. The average Bonchev–Trinajstić information content (AvgIpc) is 2.46. The number of amides is 1. The van der Waals surface area contributed by atoms with Crippen LogP contribution in [0.25, 0.3) is 0 Å². The predicted octanol–water partition coefficient (Wildman–Crippen LogP) is 2.37. The first-order valence-corrected chi connectivity index (χ1v) is 6.72. The molecule has 0 atom stereocenters. The number of rotatable bonds is 4. The molecule has 0 aromatic heterocycles. The van der Waals surface area contributed by atoms with Crippen LogP contribution in [-0.4, -0.2) is 43.7 Å². The van der Waals surface area contributed by atoms with Gasteiger partial charge in [-0.1, -0.05) is 0 Å². The summed E-state index contributed by atoms with van der Waals surface area (Å²) in [5.74, 6) is -0.207. The van der Waals surface area contributed by atoms with Crippen LogP contribution in [0, 0.1) is 0 Å². The molecule has 1 aliphatic rings. The van der Waals surface area contributed by atoms with Gasteiger partial charge in [-0.3, -0.25) is 9.69 Å². The summed E-state index contributed by atoms with van der Waals surface area (Å²) >= 11 is 0. The molecule has 2 rings (SSSR count). The summed E-state index contributed by atoms with van der Waals surface area (Å²) in [7, 11) is 0. The van der Waals surface area contributed by atoms with Gasteiger partial charge < -0.3 is 10.1 Å². The molecular formula is C14H17F3N2O2. The van der Waals surface area contributed by atoms with Crippen LogP contribution in [0.1, 0.15) is 12.0 Å². The number of hydrogen-bond donors (Lipinski definition) is 1. The summed E-state index contributed by atoms with van der Waals surface area (Å²) in [4.78, 5) is 13.9. The molecular weight excluding hydrogens is 285 g/mol. The second-order valence-corrected chi connectivity index (χ2v) is 4.83. The lowest BCUT2D eigenvalue weighted by atomic mass is 10.2. The third-order valence-electron chi connectivity index (χ3n) is 3.25. The van der Waals surface area contributed by atoms with E-state index < -0.39 is 11.7 Å². The van der Waals surface area contributed by atoms with Crippen molar-refractivity contribution in [1.29, 1.82) is 0 Å². The molecule has 0 unspecified atom stereocenters. The minimum absolute atomic E-state index is 0.207. The lowest BCUT2D eigenvalue weighted by molar-refractivity contribution is -0.137. The van der Waals surface area contributed by atoms with Gasteiger partial charge in [0.2, 0.25) is 5.91 Å². The molecule has 7 heteroatoms. The second-order valence-electron chi connectivity index (χ2n) is 4.83. The van der Waals surface area contributed by atoms with Gasteiger partial charge in [-0.2, -0.15) is 13.2 Å². The van der Waals surface area contributed by atoms with Crippen LogP contribution in [0.15, 0.2) is 24.3 Å². The van der Waals surface area contributed by atoms with Crippen molar-refractivity contribution in [2.75, 3.05) is 38.2 Å². The molecule has 0 spiro atoms. The highest BCUT2D eigenvalue weighted by atomic mass is 19.4. The Bertz CT molecular complexity index is 468. The van der Waals surface area contributed by atoms with Gasteiger partial charge in [-0.15, -0.1) is 0 Å². The zero-order chi connectivity index (χ0) is 15.3. The van der Waals surface area contributed by atoms with E-state index in [0.29, 0.717) is 31.9 Å². The normalized spacial score (nSPS) is 16.7. The zero-order valence-electron chi connectivity index (χ0n) is 11.4. The van der Waals surface area contributed by atoms with Gasteiger partial charge in [0.25, 0.3) is 0 Å². The lowest BCUT2D eigenvalue weighted by Crippen LogP contribution is -2.38. The summed E-state index contributed by atoms with van der Waals surface area (Å²) in [5.41, 5.74) is -0.358. The molecule has 0 radical (unpaired) electrons. The van der Waals surface area contributed by atoms with Crippen molar-refractivity contribution in [2.24, 2.45) is 0 Å². The van der Waals surface area contributed by atoms with Crippen LogP contribution in [0.4, 0.5) is 18.9 Å². The molecule has 1 N–H and O–H groups in total. The number of nitrogens with one attached hydrogen (secondary N) is 1. The first kappa shape index (κ1) is 15.8. The van der Waals surface area contributed by atoms with E-state index in [2.05, 4.69) is 10.2 Å². The van der Waals surface area contributed by atoms with Crippen LogP contribution in [0.3, 0.4) is 0 Å². The maximum absolute atomic E-state index is 12.4. The van der Waals surface area contributed by atoms with Crippen LogP contribution in [0.2, 0.25) is 0 Å². The van der Waals surface area contributed by atoms with Crippen molar-refractivity contribution in [1.82, 2.24) is 4.90 Å². The number of anilines is 1. The van der Waals surface area contributed by atoms with Crippen molar-refractivity contribution in [3.05, 3.63) is 29.8 Å². The van der Waals surface area contributed by atoms with Crippen LogP contribution in [-0.2, 0) is 15.7 Å². The van der Waals surface area contributed by atoms with Gasteiger partial charge >= 0.3 is 6.18 Å². The van der Waals surface area contributed by atoms with E-state index >= 15 is 0 Å². The van der Waals surface area contributed by atoms with E-state index in [4.69, 9.17) is 4.74 Å². The number of halogens is 3. The number of hydrogen-bond acceptors (Lipinski definition) is 3. The maximum Gasteiger partial charge on any atom is 0.416 e. The fourth-order valence-corrected chi connectivity index (χ4v) is 2.05. The maximum atomic E-state index is 12.4. The molecule has 4 nitrogen and oxygen atoms in total. The van der Waals surface area contributed by atoms with Crippen LogP contribution in [0.5, 0.6) is 0 Å². The van der Waals surface area contributed by atoms with Crippen molar-refractivity contribution in [2.45, 2.75) is 12.6 Å². The van der Waals surface area contributed by atoms with Gasteiger partial charge in [0.05, 0.1) is 18.8 Å². The molecule has 1 fully saturated rings. The minimum Gasteiger partial charge on any atom is -0.379 e. The largest absolute Gasteiger partial charge is 0.416 e. The molecule has 21 heavy (non-hydrogen) atoms. The van der Waals surface area contributed by atoms with Gasteiger partial charge in [-0.25, -0.2) is 0 Å². The molecule has 116 valence electrons. The Balaban J connectivity index is 1.79. The zero-order valence-corrected chi connectivity index (χ0v) is 11.4. The van der Waals surface area contributed by atoms with E-state index in [-0.39, 0.29) is 5.91 Å². The minimum atomic E-state index is -4.36. The Kier molecular flexibility index (Phi) is 5.19. The fraction of sp³-hybridized carbons (Fsp3) is 0.500.